The second-order valence-electron chi connectivity index (χ2n) is 7.23. The van der Waals surface area contributed by atoms with Crippen molar-refractivity contribution >= 4 is 29.1 Å². The first-order valence-corrected chi connectivity index (χ1v) is 11.9. The van der Waals surface area contributed by atoms with E-state index < -0.39 is 0 Å². The smallest absolute Gasteiger partial charge is 0.196 e. The lowest BCUT2D eigenvalue weighted by molar-refractivity contribution is 0.102. The minimum atomic E-state index is 0.0173. The first-order valence-electron chi connectivity index (χ1n) is 10.5. The summed E-state index contributed by atoms with van der Waals surface area (Å²) >= 11 is 7.34. The second kappa shape index (κ2) is 10.1. The van der Waals surface area contributed by atoms with E-state index in [1.54, 1.807) is 36.7 Å². The second-order valence-corrected chi connectivity index (χ2v) is 8.61. The molecule has 2 heterocycles. The van der Waals surface area contributed by atoms with Crippen LogP contribution in [0.5, 0.6) is 0 Å². The molecular formula is C25H23ClN4OS. The van der Waals surface area contributed by atoms with E-state index in [9.17, 15) is 4.79 Å². The molecule has 0 amide bonds. The molecule has 0 aliphatic carbocycles. The summed E-state index contributed by atoms with van der Waals surface area (Å²) in [6, 6.07) is 17.2. The highest BCUT2D eigenvalue weighted by Crippen LogP contribution is 2.32. The molecule has 0 bridgehead atoms. The number of thioether (sulfide) groups is 1. The van der Waals surface area contributed by atoms with Gasteiger partial charge in [0.1, 0.15) is 0 Å². The van der Waals surface area contributed by atoms with E-state index in [1.807, 2.05) is 12.1 Å². The van der Waals surface area contributed by atoms with Crippen molar-refractivity contribution in [2.45, 2.75) is 31.8 Å². The Morgan fingerprint density at radius 2 is 1.69 bits per heavy atom. The number of nitrogens with zero attached hydrogens (tertiary/aromatic N) is 4. The van der Waals surface area contributed by atoms with Gasteiger partial charge in [-0.15, -0.1) is 10.2 Å². The topological polar surface area (TPSA) is 60.7 Å². The average Bonchev–Trinajstić information content (AvgIpc) is 3.26. The zero-order chi connectivity index (χ0) is 22.5. The van der Waals surface area contributed by atoms with E-state index in [4.69, 9.17) is 11.6 Å². The van der Waals surface area contributed by atoms with Gasteiger partial charge in [-0.2, -0.15) is 0 Å². The Hall–Kier alpha value is -2.96. The van der Waals surface area contributed by atoms with Crippen LogP contribution in [0.15, 0.2) is 72.1 Å². The number of aryl methyl sites for hydroxylation is 2. The number of pyridine rings is 1. The Bertz CT molecular complexity index is 1200. The highest BCUT2D eigenvalue weighted by molar-refractivity contribution is 7.99. The number of ketones is 1. The quantitative estimate of drug-likeness (QED) is 0.234. The summed E-state index contributed by atoms with van der Waals surface area (Å²) in [7, 11) is 0. The number of hydrogen-bond acceptors (Lipinski definition) is 5. The molecule has 5 nitrogen and oxygen atoms in total. The largest absolute Gasteiger partial charge is 0.293 e. The van der Waals surface area contributed by atoms with Gasteiger partial charge in [0.25, 0.3) is 0 Å². The van der Waals surface area contributed by atoms with Gasteiger partial charge in [0.15, 0.2) is 16.8 Å². The van der Waals surface area contributed by atoms with E-state index in [1.165, 1.54) is 22.9 Å². The van der Waals surface area contributed by atoms with Crippen LogP contribution in [0.4, 0.5) is 0 Å². The van der Waals surface area contributed by atoms with Gasteiger partial charge in [0.2, 0.25) is 0 Å². The Kier molecular flexibility index (Phi) is 7.02. The monoisotopic (exact) mass is 462 g/mol. The maximum absolute atomic E-state index is 12.8. The van der Waals surface area contributed by atoms with Crippen LogP contribution in [0.2, 0.25) is 5.02 Å². The lowest BCUT2D eigenvalue weighted by atomic mass is 10.0. The summed E-state index contributed by atoms with van der Waals surface area (Å²) in [5.74, 6) is 0.988. The lowest BCUT2D eigenvalue weighted by Crippen LogP contribution is -2.09. The lowest BCUT2D eigenvalue weighted by Gasteiger charge is -2.17. The van der Waals surface area contributed by atoms with Crippen molar-refractivity contribution in [1.29, 1.82) is 0 Å². The van der Waals surface area contributed by atoms with Crippen LogP contribution < -0.4 is 0 Å². The Morgan fingerprint density at radius 3 is 2.31 bits per heavy atom. The fourth-order valence-corrected chi connectivity index (χ4v) is 4.56. The molecule has 0 fully saturated rings. The molecule has 0 radical (unpaired) electrons. The minimum absolute atomic E-state index is 0.0173. The van der Waals surface area contributed by atoms with E-state index in [2.05, 4.69) is 51.8 Å². The van der Waals surface area contributed by atoms with Crippen LogP contribution in [-0.2, 0) is 12.8 Å². The highest BCUT2D eigenvalue weighted by atomic mass is 35.5. The third-order valence-electron chi connectivity index (χ3n) is 5.24. The number of carbonyl (C=O) groups is 1. The fraction of sp³-hybridized carbons (Fsp3) is 0.200. The standard InChI is InChI=1S/C25H23ClN4OS/c1-3-17-7-5-8-18(4-2)23(17)30-24(20-9-6-14-27-15-20)28-29-25(30)32-16-22(31)19-10-12-21(26)13-11-19/h5-15H,3-4,16H2,1-2H3. The van der Waals surface area contributed by atoms with Crippen molar-refractivity contribution in [3.63, 3.8) is 0 Å². The number of para-hydroxylation sites is 1. The van der Waals surface area contributed by atoms with Gasteiger partial charge < -0.3 is 0 Å². The third kappa shape index (κ3) is 4.61. The minimum Gasteiger partial charge on any atom is -0.293 e. The molecular weight excluding hydrogens is 440 g/mol. The van der Waals surface area contributed by atoms with Crippen molar-refractivity contribution in [2.24, 2.45) is 0 Å². The van der Waals surface area contributed by atoms with E-state index in [-0.39, 0.29) is 11.5 Å². The summed E-state index contributed by atoms with van der Waals surface area (Å²) in [6.07, 6.45) is 5.28. The van der Waals surface area contributed by atoms with Crippen LogP contribution in [-0.4, -0.2) is 31.3 Å². The molecule has 0 spiro atoms. The zero-order valence-corrected chi connectivity index (χ0v) is 19.5. The normalized spacial score (nSPS) is 11.0. The van der Waals surface area contributed by atoms with E-state index in [0.29, 0.717) is 15.7 Å². The molecule has 0 aliphatic rings. The number of rotatable bonds is 8. The molecule has 0 N–H and O–H groups in total. The molecule has 32 heavy (non-hydrogen) atoms. The molecule has 0 unspecified atom stereocenters. The van der Waals surface area contributed by atoms with Gasteiger partial charge in [0, 0.05) is 28.5 Å². The molecule has 0 saturated carbocycles. The summed E-state index contributed by atoms with van der Waals surface area (Å²) in [5.41, 5.74) is 5.01. The molecule has 0 aliphatic heterocycles. The zero-order valence-electron chi connectivity index (χ0n) is 18.0. The van der Waals surface area contributed by atoms with Crippen LogP contribution in [0.1, 0.15) is 35.3 Å². The predicted octanol–water partition coefficient (Wildman–Crippen LogP) is 6.08. The maximum atomic E-state index is 12.8. The number of hydrogen-bond donors (Lipinski definition) is 0. The van der Waals surface area contributed by atoms with Gasteiger partial charge in [-0.1, -0.05) is 55.4 Å². The Balaban J connectivity index is 1.77. The van der Waals surface area contributed by atoms with Crippen LogP contribution >= 0.6 is 23.4 Å². The highest BCUT2D eigenvalue weighted by Gasteiger charge is 2.21. The first-order chi connectivity index (χ1) is 15.6. The number of benzene rings is 2. The predicted molar refractivity (Wildman–Crippen MR) is 130 cm³/mol. The third-order valence-corrected chi connectivity index (χ3v) is 6.42. The Labute approximate surface area is 196 Å². The average molecular weight is 463 g/mol. The van der Waals surface area contributed by atoms with Gasteiger partial charge >= 0.3 is 0 Å². The summed E-state index contributed by atoms with van der Waals surface area (Å²) in [6.45, 7) is 4.28. The van der Waals surface area contributed by atoms with Crippen LogP contribution in [0, 0.1) is 0 Å². The van der Waals surface area contributed by atoms with Crippen LogP contribution in [0.25, 0.3) is 17.1 Å². The SMILES string of the molecule is CCc1cccc(CC)c1-n1c(SCC(=O)c2ccc(Cl)cc2)nnc1-c1cccnc1. The number of aromatic nitrogens is 4. The molecule has 0 atom stereocenters. The van der Waals surface area contributed by atoms with Crippen molar-refractivity contribution in [3.05, 3.63) is 88.7 Å². The fourth-order valence-electron chi connectivity index (χ4n) is 3.60. The molecule has 4 rings (SSSR count). The van der Waals surface area contributed by atoms with Gasteiger partial charge in [-0.05, 0) is 60.4 Å². The van der Waals surface area contributed by atoms with Gasteiger partial charge in [0.05, 0.1) is 11.4 Å². The molecule has 7 heteroatoms. The number of carbonyl (C=O) groups excluding carboxylic acids is 1. The summed E-state index contributed by atoms with van der Waals surface area (Å²) in [4.78, 5) is 17.0. The summed E-state index contributed by atoms with van der Waals surface area (Å²) in [5, 5.41) is 10.3. The molecule has 2 aromatic carbocycles. The summed E-state index contributed by atoms with van der Waals surface area (Å²) < 4.78 is 2.08. The molecule has 4 aromatic rings. The number of Topliss-reactive ketones (excluding diaryl/α,β-unsaturated/α-hetero) is 1. The van der Waals surface area contributed by atoms with E-state index in [0.717, 1.165) is 29.9 Å². The van der Waals surface area contributed by atoms with E-state index >= 15 is 0 Å². The molecule has 162 valence electrons. The molecule has 0 saturated heterocycles. The number of halogens is 1. The van der Waals surface area contributed by atoms with Gasteiger partial charge in [-0.25, -0.2) is 0 Å². The van der Waals surface area contributed by atoms with Crippen LogP contribution in [0.3, 0.4) is 0 Å². The van der Waals surface area contributed by atoms with Crippen molar-refractivity contribution in [1.82, 2.24) is 19.7 Å². The maximum Gasteiger partial charge on any atom is 0.196 e. The Morgan fingerprint density at radius 1 is 0.969 bits per heavy atom. The van der Waals surface area contributed by atoms with Crippen molar-refractivity contribution in [3.8, 4) is 17.1 Å². The van der Waals surface area contributed by atoms with Crippen molar-refractivity contribution in [2.75, 3.05) is 5.75 Å². The molecule has 2 aromatic heterocycles. The van der Waals surface area contributed by atoms with Crippen molar-refractivity contribution < 1.29 is 4.79 Å². The first kappa shape index (κ1) is 22.2. The van der Waals surface area contributed by atoms with Gasteiger partial charge in [-0.3, -0.25) is 14.3 Å².